The highest BCUT2D eigenvalue weighted by atomic mass is 15.8. The molecule has 0 saturated heterocycles. The van der Waals surface area contributed by atoms with Gasteiger partial charge in [0.2, 0.25) is 0 Å². The summed E-state index contributed by atoms with van der Waals surface area (Å²) in [5, 5.41) is 3.89. The molecule has 0 fully saturated rings. The molecule has 0 amide bonds. The predicted octanol–water partition coefficient (Wildman–Crippen LogP) is 0.144. The lowest BCUT2D eigenvalue weighted by Gasteiger charge is -2.18. The van der Waals surface area contributed by atoms with Gasteiger partial charge in [0.05, 0.1) is 0 Å². The summed E-state index contributed by atoms with van der Waals surface area (Å²) in [4.78, 5) is 0. The van der Waals surface area contributed by atoms with Crippen LogP contribution in [0, 0.1) is 0 Å². The van der Waals surface area contributed by atoms with Gasteiger partial charge in [-0.25, -0.2) is 0 Å². The Morgan fingerprint density at radius 1 is 1.50 bits per heavy atom. The van der Waals surface area contributed by atoms with Crippen LogP contribution in [0.4, 0.5) is 0 Å². The second-order valence-electron chi connectivity index (χ2n) is 2.02. The van der Waals surface area contributed by atoms with E-state index in [0.29, 0.717) is 0 Å². The molecule has 0 bridgehead atoms. The zero-order chi connectivity index (χ0) is 6.15. The maximum absolute atomic E-state index is 3.09. The van der Waals surface area contributed by atoms with E-state index in [2.05, 4.69) is 5.43 Å². The predicted molar refractivity (Wildman–Crippen MR) is 32.4 cm³/mol. The second-order valence-corrected chi connectivity index (χ2v) is 2.02. The van der Waals surface area contributed by atoms with Crippen LogP contribution in [0.3, 0.4) is 0 Å². The fourth-order valence-electron chi connectivity index (χ4n) is 0.730. The highest BCUT2D eigenvalue weighted by Gasteiger charge is 2.07. The third kappa shape index (κ3) is 0.767. The molecule has 8 heavy (non-hydrogen) atoms. The molecule has 46 valence electrons. The van der Waals surface area contributed by atoms with Crippen molar-refractivity contribution in [2.75, 3.05) is 14.1 Å². The zero-order valence-electron chi connectivity index (χ0n) is 5.47. The van der Waals surface area contributed by atoms with Crippen LogP contribution in [0.1, 0.15) is 6.92 Å². The van der Waals surface area contributed by atoms with Crippen molar-refractivity contribution >= 4 is 0 Å². The van der Waals surface area contributed by atoms with E-state index in [4.69, 9.17) is 0 Å². The van der Waals surface area contributed by atoms with Gasteiger partial charge in [0.15, 0.2) is 0 Å². The molecule has 0 aromatic rings. The van der Waals surface area contributed by atoms with Gasteiger partial charge in [-0.05, 0) is 6.92 Å². The lowest BCUT2D eigenvalue weighted by Crippen LogP contribution is -2.35. The summed E-state index contributed by atoms with van der Waals surface area (Å²) >= 11 is 0. The number of hydrogen-bond acceptors (Lipinski definition) is 3. The maximum Gasteiger partial charge on any atom is 0.0424 e. The summed E-state index contributed by atoms with van der Waals surface area (Å²) < 4.78 is 0. The average molecular weight is 113 g/mol. The quantitative estimate of drug-likeness (QED) is 0.482. The number of rotatable bonds is 0. The molecule has 1 heterocycles. The first kappa shape index (κ1) is 5.44. The second kappa shape index (κ2) is 1.67. The summed E-state index contributed by atoms with van der Waals surface area (Å²) in [6.07, 6.45) is 2.03. The van der Waals surface area contributed by atoms with Crippen molar-refractivity contribution in [2.24, 2.45) is 0 Å². The topological polar surface area (TPSA) is 18.5 Å². The fourth-order valence-corrected chi connectivity index (χ4v) is 0.730. The minimum Gasteiger partial charge on any atom is -0.304 e. The summed E-state index contributed by atoms with van der Waals surface area (Å²) in [6.45, 7) is 2.03. The highest BCUT2D eigenvalue weighted by Crippen LogP contribution is 2.01. The molecule has 0 saturated carbocycles. The minimum atomic E-state index is 1.18. The summed E-state index contributed by atoms with van der Waals surface area (Å²) in [5.74, 6) is 0. The molecule has 0 aromatic carbocycles. The van der Waals surface area contributed by atoms with Crippen LogP contribution in [0.2, 0.25) is 0 Å². The lowest BCUT2D eigenvalue weighted by molar-refractivity contribution is 0.0630. The van der Waals surface area contributed by atoms with E-state index in [1.807, 2.05) is 37.3 Å². The molecule has 0 aliphatic carbocycles. The molecular weight excluding hydrogens is 102 g/mol. The van der Waals surface area contributed by atoms with Gasteiger partial charge >= 0.3 is 0 Å². The van der Waals surface area contributed by atoms with Crippen molar-refractivity contribution in [1.29, 1.82) is 0 Å². The molecule has 3 heteroatoms. The van der Waals surface area contributed by atoms with Crippen molar-refractivity contribution in [2.45, 2.75) is 6.92 Å². The average Bonchev–Trinajstić information content (AvgIpc) is 1.85. The van der Waals surface area contributed by atoms with Crippen molar-refractivity contribution in [3.05, 3.63) is 11.9 Å². The smallest absolute Gasteiger partial charge is 0.0424 e. The van der Waals surface area contributed by atoms with Crippen LogP contribution >= 0.6 is 0 Å². The third-order valence-electron chi connectivity index (χ3n) is 1.19. The largest absolute Gasteiger partial charge is 0.304 e. The van der Waals surface area contributed by atoms with E-state index < -0.39 is 0 Å². The van der Waals surface area contributed by atoms with Gasteiger partial charge in [-0.2, -0.15) is 0 Å². The monoisotopic (exact) mass is 113 g/mol. The van der Waals surface area contributed by atoms with Crippen molar-refractivity contribution in [3.8, 4) is 0 Å². The van der Waals surface area contributed by atoms with Gasteiger partial charge in [-0.1, -0.05) is 0 Å². The summed E-state index contributed by atoms with van der Waals surface area (Å²) in [5.41, 5.74) is 4.26. The normalized spacial score (nSPS) is 20.9. The molecular formula is C5H11N3. The Morgan fingerprint density at radius 2 is 2.12 bits per heavy atom. The molecule has 0 unspecified atom stereocenters. The molecule has 0 aromatic heterocycles. The number of nitrogens with one attached hydrogen (secondary N) is 1. The number of hydrazine groups is 2. The van der Waals surface area contributed by atoms with Crippen molar-refractivity contribution < 1.29 is 0 Å². The van der Waals surface area contributed by atoms with Crippen LogP contribution in [0.5, 0.6) is 0 Å². The maximum atomic E-state index is 3.09. The summed E-state index contributed by atoms with van der Waals surface area (Å²) in [7, 11) is 3.95. The molecule has 1 rings (SSSR count). The van der Waals surface area contributed by atoms with E-state index in [0.717, 1.165) is 0 Å². The molecule has 0 radical (unpaired) electrons. The lowest BCUT2D eigenvalue weighted by atomic mass is 10.6. The first-order valence-corrected chi connectivity index (χ1v) is 2.61. The molecule has 0 spiro atoms. The highest BCUT2D eigenvalue weighted by molar-refractivity contribution is 4.96. The Kier molecular flexibility index (Phi) is 1.13. The molecule has 1 aliphatic rings. The standard InChI is InChI=1S/C5H11N3/c1-5-4-7(2)8(3)6-5/h4,6H,1-3H3. The van der Waals surface area contributed by atoms with E-state index in [1.165, 1.54) is 5.70 Å². The zero-order valence-corrected chi connectivity index (χ0v) is 5.47. The number of nitrogens with zero attached hydrogens (tertiary/aromatic N) is 2. The van der Waals surface area contributed by atoms with Crippen LogP contribution in [-0.2, 0) is 0 Å². The Bertz CT molecular complexity index is 119. The fraction of sp³-hybridized carbons (Fsp3) is 0.600. The third-order valence-corrected chi connectivity index (χ3v) is 1.19. The van der Waals surface area contributed by atoms with E-state index >= 15 is 0 Å². The first-order chi connectivity index (χ1) is 3.70. The molecule has 1 aliphatic heterocycles. The van der Waals surface area contributed by atoms with Crippen LogP contribution < -0.4 is 5.43 Å². The minimum absolute atomic E-state index is 1.18. The first-order valence-electron chi connectivity index (χ1n) is 2.61. The van der Waals surface area contributed by atoms with Gasteiger partial charge in [-0.3, -0.25) is 5.01 Å². The van der Waals surface area contributed by atoms with Gasteiger partial charge in [0.1, 0.15) is 0 Å². The van der Waals surface area contributed by atoms with E-state index in [1.54, 1.807) is 0 Å². The van der Waals surface area contributed by atoms with Crippen molar-refractivity contribution in [1.82, 2.24) is 15.6 Å². The van der Waals surface area contributed by atoms with Crippen molar-refractivity contribution in [3.63, 3.8) is 0 Å². The molecule has 3 nitrogen and oxygen atoms in total. The SMILES string of the molecule is CC1=CN(C)N(C)N1. The van der Waals surface area contributed by atoms with Gasteiger partial charge in [-0.15, -0.1) is 5.12 Å². The van der Waals surface area contributed by atoms with Crippen LogP contribution in [0.15, 0.2) is 11.9 Å². The van der Waals surface area contributed by atoms with Gasteiger partial charge in [0.25, 0.3) is 0 Å². The van der Waals surface area contributed by atoms with E-state index in [-0.39, 0.29) is 0 Å². The van der Waals surface area contributed by atoms with Crippen LogP contribution in [0.25, 0.3) is 0 Å². The Morgan fingerprint density at radius 3 is 2.25 bits per heavy atom. The van der Waals surface area contributed by atoms with Crippen LogP contribution in [-0.4, -0.2) is 24.2 Å². The Balaban J connectivity index is 2.56. The number of hydrogen-bond donors (Lipinski definition) is 1. The Labute approximate surface area is 49.5 Å². The molecule has 0 atom stereocenters. The van der Waals surface area contributed by atoms with E-state index in [9.17, 15) is 0 Å². The number of allylic oxidation sites excluding steroid dienone is 1. The van der Waals surface area contributed by atoms with Gasteiger partial charge < -0.3 is 5.43 Å². The Hall–Kier alpha value is -0.700. The summed E-state index contributed by atoms with van der Waals surface area (Å²) in [6, 6.07) is 0. The van der Waals surface area contributed by atoms with Gasteiger partial charge in [0, 0.05) is 26.0 Å². The molecule has 1 N–H and O–H groups in total.